The summed E-state index contributed by atoms with van der Waals surface area (Å²) in [4.78, 5) is 11.8. The molecule has 0 aromatic heterocycles. The summed E-state index contributed by atoms with van der Waals surface area (Å²) in [5, 5.41) is 9.09. The molecule has 0 saturated heterocycles. The first kappa shape index (κ1) is 14.8. The van der Waals surface area contributed by atoms with Gasteiger partial charge < -0.3 is 10.5 Å². The zero-order chi connectivity index (χ0) is 15.4. The third-order valence-electron chi connectivity index (χ3n) is 2.77. The number of esters is 1. The van der Waals surface area contributed by atoms with Crippen LogP contribution >= 0.6 is 11.6 Å². The van der Waals surface area contributed by atoms with Crippen LogP contribution in [0.2, 0.25) is 5.02 Å². The number of hydrogen-bond acceptors (Lipinski definition) is 4. The highest BCUT2D eigenvalue weighted by Crippen LogP contribution is 2.20. The van der Waals surface area contributed by atoms with Crippen molar-refractivity contribution in [2.75, 3.05) is 5.73 Å². The summed E-state index contributed by atoms with van der Waals surface area (Å²) in [5.74, 6) is -1.20. The van der Waals surface area contributed by atoms with E-state index >= 15 is 0 Å². The summed E-state index contributed by atoms with van der Waals surface area (Å²) in [6, 6.07) is 10.0. The number of anilines is 1. The Balaban J connectivity index is 2.11. The van der Waals surface area contributed by atoms with Gasteiger partial charge in [-0.15, -0.1) is 0 Å². The highest BCUT2D eigenvalue weighted by molar-refractivity contribution is 6.33. The van der Waals surface area contributed by atoms with Crippen LogP contribution < -0.4 is 5.73 Å². The summed E-state index contributed by atoms with van der Waals surface area (Å²) in [7, 11) is 0. The van der Waals surface area contributed by atoms with Gasteiger partial charge in [-0.1, -0.05) is 11.6 Å². The highest BCUT2D eigenvalue weighted by atomic mass is 35.5. The zero-order valence-corrected chi connectivity index (χ0v) is 11.5. The second-order valence-corrected chi connectivity index (χ2v) is 4.64. The smallest absolute Gasteiger partial charge is 0.338 e. The van der Waals surface area contributed by atoms with Crippen LogP contribution in [0.1, 0.15) is 21.5 Å². The first-order chi connectivity index (χ1) is 10.0. The number of nitriles is 1. The van der Waals surface area contributed by atoms with Crippen LogP contribution in [-0.4, -0.2) is 5.97 Å². The summed E-state index contributed by atoms with van der Waals surface area (Å²) >= 11 is 5.76. The summed E-state index contributed by atoms with van der Waals surface area (Å²) < 4.78 is 18.5. The lowest BCUT2D eigenvalue weighted by molar-refractivity contribution is 0.0469. The second-order valence-electron chi connectivity index (χ2n) is 4.23. The maximum Gasteiger partial charge on any atom is 0.338 e. The van der Waals surface area contributed by atoms with Gasteiger partial charge in [0.1, 0.15) is 12.4 Å². The van der Waals surface area contributed by atoms with E-state index in [1.165, 1.54) is 30.3 Å². The molecule has 2 aromatic carbocycles. The van der Waals surface area contributed by atoms with Crippen molar-refractivity contribution in [3.8, 4) is 6.07 Å². The van der Waals surface area contributed by atoms with Crippen LogP contribution in [0, 0.1) is 17.1 Å². The number of carbonyl (C=O) groups is 1. The molecule has 2 rings (SSSR count). The number of nitrogen functional groups attached to an aromatic ring is 1. The number of halogens is 2. The number of hydrogen-bond donors (Lipinski definition) is 1. The number of nitrogens with zero attached hydrogens (tertiary/aromatic N) is 1. The third kappa shape index (κ3) is 3.50. The van der Waals surface area contributed by atoms with Gasteiger partial charge in [0.15, 0.2) is 0 Å². The van der Waals surface area contributed by atoms with E-state index in [-0.39, 0.29) is 29.0 Å². The molecule has 0 aliphatic carbocycles. The minimum absolute atomic E-state index is 0.129. The van der Waals surface area contributed by atoms with Crippen molar-refractivity contribution in [3.05, 3.63) is 63.9 Å². The number of ether oxygens (including phenoxy) is 1. The standard InChI is InChI=1S/C15H10ClFN2O2/c16-12-3-2-10(6-14(12)19)15(20)21-8-11-5-9(7-18)1-4-13(11)17/h1-6H,8,19H2. The fraction of sp³-hybridized carbons (Fsp3) is 0.0667. The van der Waals surface area contributed by atoms with Gasteiger partial charge in [0, 0.05) is 5.56 Å². The van der Waals surface area contributed by atoms with E-state index in [0.29, 0.717) is 5.02 Å². The summed E-state index contributed by atoms with van der Waals surface area (Å²) in [6.07, 6.45) is 0. The normalized spacial score (nSPS) is 9.95. The Kier molecular flexibility index (Phi) is 4.41. The topological polar surface area (TPSA) is 76.1 Å². The average Bonchev–Trinajstić information content (AvgIpc) is 2.49. The van der Waals surface area contributed by atoms with Crippen LogP contribution in [0.25, 0.3) is 0 Å². The van der Waals surface area contributed by atoms with E-state index in [9.17, 15) is 9.18 Å². The van der Waals surface area contributed by atoms with Crippen molar-refractivity contribution in [3.63, 3.8) is 0 Å². The molecule has 0 fully saturated rings. The van der Waals surface area contributed by atoms with Crippen LogP contribution in [0.15, 0.2) is 36.4 Å². The van der Waals surface area contributed by atoms with Crippen molar-refractivity contribution < 1.29 is 13.9 Å². The molecule has 106 valence electrons. The molecule has 21 heavy (non-hydrogen) atoms. The second kappa shape index (κ2) is 6.25. The predicted octanol–water partition coefficient (Wildman–Crippen LogP) is 3.29. The zero-order valence-electron chi connectivity index (χ0n) is 10.8. The van der Waals surface area contributed by atoms with Crippen molar-refractivity contribution in [1.29, 1.82) is 5.26 Å². The van der Waals surface area contributed by atoms with Crippen LogP contribution in [0.3, 0.4) is 0 Å². The minimum atomic E-state index is -0.653. The molecule has 6 heteroatoms. The Morgan fingerprint density at radius 1 is 1.33 bits per heavy atom. The summed E-state index contributed by atoms with van der Waals surface area (Å²) in [6.45, 7) is -0.275. The van der Waals surface area contributed by atoms with E-state index in [4.69, 9.17) is 27.3 Å². The van der Waals surface area contributed by atoms with Crippen LogP contribution in [-0.2, 0) is 11.3 Å². The molecule has 0 unspecified atom stereocenters. The quantitative estimate of drug-likeness (QED) is 0.697. The van der Waals surface area contributed by atoms with Crippen molar-refractivity contribution in [2.24, 2.45) is 0 Å². The van der Waals surface area contributed by atoms with E-state index < -0.39 is 11.8 Å². The third-order valence-corrected chi connectivity index (χ3v) is 3.11. The molecule has 0 aliphatic heterocycles. The first-order valence-electron chi connectivity index (χ1n) is 5.92. The molecule has 2 aromatic rings. The molecular weight excluding hydrogens is 295 g/mol. The molecule has 4 nitrogen and oxygen atoms in total. The number of rotatable bonds is 3. The molecule has 0 heterocycles. The maximum atomic E-state index is 13.5. The van der Waals surface area contributed by atoms with Crippen LogP contribution in [0.5, 0.6) is 0 Å². The van der Waals surface area contributed by atoms with Gasteiger partial charge in [0.2, 0.25) is 0 Å². The fourth-order valence-electron chi connectivity index (χ4n) is 1.65. The average molecular weight is 305 g/mol. The Labute approximate surface area is 125 Å². The maximum absolute atomic E-state index is 13.5. The molecule has 2 N–H and O–H groups in total. The molecule has 0 spiro atoms. The molecule has 0 amide bonds. The predicted molar refractivity (Wildman–Crippen MR) is 76.1 cm³/mol. The molecule has 0 aliphatic rings. The number of carbonyl (C=O) groups excluding carboxylic acids is 1. The lowest BCUT2D eigenvalue weighted by atomic mass is 10.1. The van der Waals surface area contributed by atoms with Gasteiger partial charge >= 0.3 is 5.97 Å². The molecule has 0 bridgehead atoms. The van der Waals surface area contributed by atoms with Crippen molar-refractivity contribution >= 4 is 23.3 Å². The summed E-state index contributed by atoms with van der Waals surface area (Å²) in [5.41, 5.74) is 6.48. The molecular formula is C15H10ClFN2O2. The monoisotopic (exact) mass is 304 g/mol. The van der Waals surface area contributed by atoms with Gasteiger partial charge in [0.25, 0.3) is 0 Å². The Hall–Kier alpha value is -2.58. The largest absolute Gasteiger partial charge is 0.457 e. The minimum Gasteiger partial charge on any atom is -0.457 e. The Bertz CT molecular complexity index is 741. The molecule has 0 atom stereocenters. The Morgan fingerprint density at radius 2 is 2.10 bits per heavy atom. The van der Waals surface area contributed by atoms with Crippen LogP contribution in [0.4, 0.5) is 10.1 Å². The van der Waals surface area contributed by atoms with E-state index in [1.807, 2.05) is 6.07 Å². The van der Waals surface area contributed by atoms with Gasteiger partial charge in [-0.25, -0.2) is 9.18 Å². The fourth-order valence-corrected chi connectivity index (χ4v) is 1.77. The lowest BCUT2D eigenvalue weighted by Gasteiger charge is -2.07. The number of benzene rings is 2. The van der Waals surface area contributed by atoms with E-state index in [0.717, 1.165) is 6.07 Å². The molecule has 0 radical (unpaired) electrons. The number of nitrogens with two attached hydrogens (primary N) is 1. The van der Waals surface area contributed by atoms with Gasteiger partial charge in [-0.2, -0.15) is 5.26 Å². The Morgan fingerprint density at radius 3 is 2.76 bits per heavy atom. The van der Waals surface area contributed by atoms with Gasteiger partial charge in [0.05, 0.1) is 27.9 Å². The van der Waals surface area contributed by atoms with Crippen molar-refractivity contribution in [1.82, 2.24) is 0 Å². The SMILES string of the molecule is N#Cc1ccc(F)c(COC(=O)c2ccc(Cl)c(N)c2)c1. The highest BCUT2D eigenvalue weighted by Gasteiger charge is 2.11. The molecule has 0 saturated carbocycles. The van der Waals surface area contributed by atoms with Gasteiger partial charge in [-0.3, -0.25) is 0 Å². The lowest BCUT2D eigenvalue weighted by Crippen LogP contribution is -2.07. The van der Waals surface area contributed by atoms with E-state index in [2.05, 4.69) is 0 Å². The van der Waals surface area contributed by atoms with Crippen molar-refractivity contribution in [2.45, 2.75) is 6.61 Å². The van der Waals surface area contributed by atoms with Gasteiger partial charge in [-0.05, 0) is 36.4 Å². The first-order valence-corrected chi connectivity index (χ1v) is 6.29. The van der Waals surface area contributed by atoms with E-state index in [1.54, 1.807) is 0 Å².